The fourth-order valence-corrected chi connectivity index (χ4v) is 1.12. The van der Waals surface area contributed by atoms with Gasteiger partial charge >= 0.3 is 17.1 Å². The molecule has 5 N–H and O–H groups in total. The number of nitrogens with two attached hydrogens (primary N) is 1. The quantitative estimate of drug-likeness (QED) is 0.316. The summed E-state index contributed by atoms with van der Waals surface area (Å²) in [6, 6.07) is 6.85. The number of halogens is 1. The van der Waals surface area contributed by atoms with Gasteiger partial charge in [-0.2, -0.15) is 0 Å². The molecule has 0 atom stereocenters. The van der Waals surface area contributed by atoms with E-state index in [2.05, 4.69) is 10.3 Å². The van der Waals surface area contributed by atoms with E-state index in [1.807, 2.05) is 6.07 Å². The average Bonchev–Trinajstić information content (AvgIpc) is 2.25. The molecule has 0 aromatic heterocycles. The summed E-state index contributed by atoms with van der Waals surface area (Å²) >= 11 is 0. The first kappa shape index (κ1) is 22.6. The molecular formula is C11H18ClCuN3O2. The largest absolute Gasteiger partial charge is 2.00 e. The minimum atomic E-state index is 0. The Kier molecular flexibility index (Phi) is 18.1. The maximum Gasteiger partial charge on any atom is 2.00 e. The van der Waals surface area contributed by atoms with Gasteiger partial charge < -0.3 is 34.0 Å². The van der Waals surface area contributed by atoms with Crippen LogP contribution < -0.4 is 28.6 Å². The van der Waals surface area contributed by atoms with Gasteiger partial charge in [-0.3, -0.25) is 4.99 Å². The summed E-state index contributed by atoms with van der Waals surface area (Å²) in [4.78, 5) is 4.15. The van der Waals surface area contributed by atoms with Crippen LogP contribution in [0.3, 0.4) is 0 Å². The van der Waals surface area contributed by atoms with Crippen molar-refractivity contribution >= 4 is 6.21 Å². The van der Waals surface area contributed by atoms with E-state index in [-0.39, 0.29) is 40.7 Å². The van der Waals surface area contributed by atoms with Crippen molar-refractivity contribution in [1.29, 1.82) is 0 Å². The maximum absolute atomic E-state index is 11.3. The zero-order valence-corrected chi connectivity index (χ0v) is 11.5. The molecule has 1 aromatic rings. The third kappa shape index (κ3) is 9.41. The Balaban J connectivity index is -0.000000750. The minimum absolute atomic E-state index is 0. The SMILES string of the molecule is NCCNCCN=Cc1ccccc1[O-].O.[Cl-].[Cu+2]. The number of benzene rings is 1. The van der Waals surface area contributed by atoms with E-state index in [1.165, 1.54) is 6.07 Å². The molecule has 0 heterocycles. The third-order valence-electron chi connectivity index (χ3n) is 1.89. The van der Waals surface area contributed by atoms with Crippen LogP contribution in [0.2, 0.25) is 0 Å². The number of nitrogens with zero attached hydrogens (tertiary/aromatic N) is 1. The second kappa shape index (κ2) is 14.4. The molecule has 0 bridgehead atoms. The van der Waals surface area contributed by atoms with Gasteiger partial charge in [0.05, 0.1) is 6.54 Å². The number of aliphatic imine (C=N–C) groups is 1. The molecule has 5 nitrogen and oxygen atoms in total. The summed E-state index contributed by atoms with van der Waals surface area (Å²) in [5.74, 6) is 0.0103. The van der Waals surface area contributed by atoms with Gasteiger partial charge in [0.2, 0.25) is 0 Å². The molecule has 0 unspecified atom stereocenters. The molecule has 107 valence electrons. The van der Waals surface area contributed by atoms with Gasteiger partial charge in [0.15, 0.2) is 0 Å². The minimum Gasteiger partial charge on any atom is -1.00 e. The van der Waals surface area contributed by atoms with E-state index >= 15 is 0 Å². The van der Waals surface area contributed by atoms with Crippen LogP contribution in [0.1, 0.15) is 5.56 Å². The van der Waals surface area contributed by atoms with Crippen molar-refractivity contribution < 1.29 is 40.1 Å². The van der Waals surface area contributed by atoms with Crippen LogP contribution in [0.4, 0.5) is 0 Å². The number of hydrogen-bond donors (Lipinski definition) is 2. The van der Waals surface area contributed by atoms with Gasteiger partial charge in [0, 0.05) is 25.8 Å². The van der Waals surface area contributed by atoms with E-state index in [4.69, 9.17) is 5.73 Å². The molecule has 7 heteroatoms. The molecule has 1 radical (unpaired) electrons. The summed E-state index contributed by atoms with van der Waals surface area (Å²) < 4.78 is 0. The zero-order chi connectivity index (χ0) is 10.9. The molecule has 0 fully saturated rings. The van der Waals surface area contributed by atoms with Crippen LogP contribution in [0, 0.1) is 0 Å². The molecule has 0 saturated carbocycles. The second-order valence-electron chi connectivity index (χ2n) is 3.11. The average molecular weight is 323 g/mol. The Labute approximate surface area is 124 Å². The predicted molar refractivity (Wildman–Crippen MR) is 63.9 cm³/mol. The Morgan fingerprint density at radius 1 is 1.28 bits per heavy atom. The van der Waals surface area contributed by atoms with E-state index in [0.717, 1.165) is 13.1 Å². The van der Waals surface area contributed by atoms with Crippen molar-refractivity contribution in [1.82, 2.24) is 5.32 Å². The van der Waals surface area contributed by atoms with Crippen molar-refractivity contribution in [2.24, 2.45) is 10.7 Å². The van der Waals surface area contributed by atoms with Crippen molar-refractivity contribution in [2.45, 2.75) is 0 Å². The van der Waals surface area contributed by atoms with Gasteiger partial charge in [-0.25, -0.2) is 0 Å². The van der Waals surface area contributed by atoms with Gasteiger partial charge in [-0.1, -0.05) is 24.3 Å². The van der Waals surface area contributed by atoms with Crippen molar-refractivity contribution in [3.05, 3.63) is 29.8 Å². The van der Waals surface area contributed by atoms with Crippen LogP contribution in [0.25, 0.3) is 0 Å². The molecule has 0 spiro atoms. The molecule has 0 aliphatic rings. The summed E-state index contributed by atoms with van der Waals surface area (Å²) in [6.07, 6.45) is 1.62. The number of rotatable bonds is 6. The summed E-state index contributed by atoms with van der Waals surface area (Å²) in [5.41, 5.74) is 5.95. The molecular weight excluding hydrogens is 305 g/mol. The molecule has 0 saturated heterocycles. The predicted octanol–water partition coefficient (Wildman–Crippen LogP) is -4.10. The van der Waals surface area contributed by atoms with Gasteiger partial charge in [0.25, 0.3) is 0 Å². The normalized spacial score (nSPS) is 9.17. The monoisotopic (exact) mass is 322 g/mol. The van der Waals surface area contributed by atoms with E-state index < -0.39 is 0 Å². The van der Waals surface area contributed by atoms with Gasteiger partial charge in [0.1, 0.15) is 0 Å². The van der Waals surface area contributed by atoms with Crippen LogP contribution in [-0.2, 0) is 17.1 Å². The zero-order valence-electron chi connectivity index (χ0n) is 9.83. The smallest absolute Gasteiger partial charge is 1.00 e. The third-order valence-corrected chi connectivity index (χ3v) is 1.89. The maximum atomic E-state index is 11.3. The molecule has 1 rings (SSSR count). The molecule has 1 aromatic carbocycles. The second-order valence-corrected chi connectivity index (χ2v) is 3.11. The van der Waals surface area contributed by atoms with E-state index in [0.29, 0.717) is 18.7 Å². The topological polar surface area (TPSA) is 105 Å². The fraction of sp³-hybridized carbons (Fsp3) is 0.364. The Hall–Kier alpha value is -0.621. The van der Waals surface area contributed by atoms with Crippen molar-refractivity contribution in [2.75, 3.05) is 26.2 Å². The Morgan fingerprint density at radius 2 is 1.94 bits per heavy atom. The van der Waals surface area contributed by atoms with E-state index in [1.54, 1.807) is 18.3 Å². The molecule has 0 amide bonds. The van der Waals surface area contributed by atoms with Crippen LogP contribution in [0.5, 0.6) is 5.75 Å². The molecule has 18 heavy (non-hydrogen) atoms. The first-order valence-corrected chi connectivity index (χ1v) is 5.01. The first-order chi connectivity index (χ1) is 7.34. The van der Waals surface area contributed by atoms with Gasteiger partial charge in [-0.15, -0.1) is 5.75 Å². The first-order valence-electron chi connectivity index (χ1n) is 5.01. The number of nitrogens with one attached hydrogen (secondary N) is 1. The molecule has 0 aliphatic heterocycles. The summed E-state index contributed by atoms with van der Waals surface area (Å²) in [7, 11) is 0. The summed E-state index contributed by atoms with van der Waals surface area (Å²) in [5, 5.41) is 14.4. The Bertz CT molecular complexity index is 327. The molecule has 0 aliphatic carbocycles. The van der Waals surface area contributed by atoms with Gasteiger partial charge in [-0.05, 0) is 5.56 Å². The summed E-state index contributed by atoms with van der Waals surface area (Å²) in [6.45, 7) is 2.88. The van der Waals surface area contributed by atoms with Crippen molar-refractivity contribution in [3.63, 3.8) is 0 Å². The number of para-hydroxylation sites is 1. The van der Waals surface area contributed by atoms with Crippen LogP contribution in [-0.4, -0.2) is 37.9 Å². The van der Waals surface area contributed by atoms with Crippen molar-refractivity contribution in [3.8, 4) is 5.75 Å². The van der Waals surface area contributed by atoms with Crippen LogP contribution in [0.15, 0.2) is 29.3 Å². The standard InChI is InChI=1S/C11H17N3O.ClH.Cu.H2O/c12-5-6-13-7-8-14-9-10-3-1-2-4-11(10)15;;;/h1-4,9,13,15H,5-8,12H2;1H;;1H2/q;;+2;/p-2. The van der Waals surface area contributed by atoms with Crippen LogP contribution >= 0.6 is 0 Å². The van der Waals surface area contributed by atoms with E-state index in [9.17, 15) is 5.11 Å². The number of hydrogen-bond acceptors (Lipinski definition) is 4. The Morgan fingerprint density at radius 3 is 2.56 bits per heavy atom. The fourth-order valence-electron chi connectivity index (χ4n) is 1.12.